The number of carboxylic acids is 1. The quantitative estimate of drug-likeness (QED) is 0.216. The fourth-order valence-corrected chi connectivity index (χ4v) is 5.76. The number of unbranched alkanes of at least 4 members (excludes halogenated alkanes) is 1. The molecule has 0 spiro atoms. The Bertz CT molecular complexity index is 1170. The number of nitrogens with two attached hydrogens (primary N) is 1. The molecule has 2 aliphatic heterocycles. The predicted molar refractivity (Wildman–Crippen MR) is 140 cm³/mol. The van der Waals surface area contributed by atoms with E-state index in [1.165, 1.54) is 4.90 Å². The number of carbonyl (C=O) groups excluding carboxylic acids is 3. The number of piperidine rings is 1. The van der Waals surface area contributed by atoms with Crippen LogP contribution in [0.1, 0.15) is 64.4 Å². The largest absolute Gasteiger partial charge is 0.481 e. The summed E-state index contributed by atoms with van der Waals surface area (Å²) in [5.41, 5.74) is 5.47. The van der Waals surface area contributed by atoms with E-state index in [4.69, 9.17) is 24.0 Å². The Labute approximate surface area is 233 Å². The van der Waals surface area contributed by atoms with E-state index in [0.29, 0.717) is 32.1 Å². The summed E-state index contributed by atoms with van der Waals surface area (Å²) >= 11 is 0. The van der Waals surface area contributed by atoms with E-state index in [-0.39, 0.29) is 32.4 Å². The van der Waals surface area contributed by atoms with Crippen LogP contribution in [-0.2, 0) is 44.4 Å². The SMILES string of the molecule is CC(C)(COS(=O)(=O)ON1C(=O)N2C[C@H]1CC[C@H]2C(N)=O)CC(Cc1ccccc1)OC(=O)CCCCC(=O)O. The summed E-state index contributed by atoms with van der Waals surface area (Å²) in [6.07, 6.45) is 1.44. The van der Waals surface area contributed by atoms with Crippen molar-refractivity contribution in [3.8, 4) is 0 Å². The lowest BCUT2D eigenvalue weighted by molar-refractivity contribution is -0.151. The number of aliphatic carboxylic acids is 1. The van der Waals surface area contributed by atoms with Crippen molar-refractivity contribution in [2.75, 3.05) is 13.2 Å². The fourth-order valence-electron chi connectivity index (χ4n) is 4.88. The molecule has 3 amide bonds. The van der Waals surface area contributed by atoms with Crippen LogP contribution in [0.5, 0.6) is 0 Å². The highest BCUT2D eigenvalue weighted by Gasteiger charge is 2.49. The van der Waals surface area contributed by atoms with Gasteiger partial charge in [-0.15, -0.1) is 4.28 Å². The molecule has 0 saturated carbocycles. The maximum absolute atomic E-state index is 12.7. The average Bonchev–Trinajstić information content (AvgIpc) is 3.09. The van der Waals surface area contributed by atoms with Gasteiger partial charge in [0, 0.05) is 25.8 Å². The second kappa shape index (κ2) is 13.4. The lowest BCUT2D eigenvalue weighted by Gasteiger charge is -2.29. The molecule has 14 heteroatoms. The number of hydrogen-bond acceptors (Lipinski definition) is 9. The molecule has 2 bridgehead atoms. The minimum absolute atomic E-state index is 0.0326. The predicted octanol–water partition coefficient (Wildman–Crippen LogP) is 2.15. The van der Waals surface area contributed by atoms with E-state index >= 15 is 0 Å². The molecule has 1 aromatic rings. The Morgan fingerprint density at radius 2 is 1.80 bits per heavy atom. The van der Waals surface area contributed by atoms with Crippen molar-refractivity contribution in [3.63, 3.8) is 0 Å². The zero-order valence-corrected chi connectivity index (χ0v) is 23.5. The summed E-state index contributed by atoms with van der Waals surface area (Å²) in [5, 5.41) is 9.49. The van der Waals surface area contributed by atoms with Crippen molar-refractivity contribution in [1.29, 1.82) is 0 Å². The first-order chi connectivity index (χ1) is 18.8. The molecule has 13 nitrogen and oxygen atoms in total. The van der Waals surface area contributed by atoms with Gasteiger partial charge in [-0.25, -0.2) is 8.98 Å². The molecular formula is C26H37N3O10S. The van der Waals surface area contributed by atoms with Crippen LogP contribution in [-0.4, -0.2) is 78.7 Å². The third kappa shape index (κ3) is 9.17. The molecule has 222 valence electrons. The number of carboxylic acid groups (broad SMARTS) is 1. The fraction of sp³-hybridized carbons (Fsp3) is 0.615. The normalized spacial score (nSPS) is 19.9. The van der Waals surface area contributed by atoms with E-state index in [2.05, 4.69) is 0 Å². The number of urea groups is 1. The van der Waals surface area contributed by atoms with Crippen LogP contribution in [0, 0.1) is 5.41 Å². The van der Waals surface area contributed by atoms with Crippen LogP contribution >= 0.6 is 0 Å². The van der Waals surface area contributed by atoms with Gasteiger partial charge in [0.2, 0.25) is 5.91 Å². The first-order valence-electron chi connectivity index (χ1n) is 13.2. The van der Waals surface area contributed by atoms with Crippen LogP contribution in [0.3, 0.4) is 0 Å². The van der Waals surface area contributed by atoms with Gasteiger partial charge >= 0.3 is 28.4 Å². The molecule has 3 rings (SSSR count). The average molecular weight is 584 g/mol. The van der Waals surface area contributed by atoms with Crippen molar-refractivity contribution in [2.45, 2.75) is 83.4 Å². The van der Waals surface area contributed by atoms with E-state index < -0.39 is 57.9 Å². The molecule has 2 saturated heterocycles. The van der Waals surface area contributed by atoms with E-state index in [1.54, 1.807) is 13.8 Å². The molecule has 3 N–H and O–H groups in total. The van der Waals surface area contributed by atoms with Crippen LogP contribution in [0.25, 0.3) is 0 Å². The van der Waals surface area contributed by atoms with Crippen molar-refractivity contribution in [1.82, 2.24) is 9.96 Å². The summed E-state index contributed by atoms with van der Waals surface area (Å²) < 4.78 is 41.2. The summed E-state index contributed by atoms with van der Waals surface area (Å²) in [6.45, 7) is 3.30. The van der Waals surface area contributed by atoms with Crippen molar-refractivity contribution in [3.05, 3.63) is 35.9 Å². The molecule has 2 fully saturated rings. The Morgan fingerprint density at radius 3 is 2.45 bits per heavy atom. The highest BCUT2D eigenvalue weighted by Crippen LogP contribution is 2.32. The molecule has 3 atom stereocenters. The standard InChI is InChI=1S/C26H37N3O10S/c1-26(2,15-20(14-18-8-4-3-5-9-18)38-23(32)11-7-6-10-22(30)31)17-37-40(35,36)39-29-19-12-13-21(24(27)33)28(16-19)25(29)34/h3-5,8-9,19-21H,6-7,10-17H2,1-2H3,(H2,27,33)(H,30,31)/t19-,20?,21+/m1/s1. The second-order valence-corrected chi connectivity index (χ2v) is 12.1. The van der Waals surface area contributed by atoms with Crippen LogP contribution in [0.2, 0.25) is 0 Å². The second-order valence-electron chi connectivity index (χ2n) is 10.9. The van der Waals surface area contributed by atoms with Gasteiger partial charge in [0.15, 0.2) is 0 Å². The van der Waals surface area contributed by atoms with Crippen molar-refractivity contribution in [2.24, 2.45) is 11.1 Å². The van der Waals surface area contributed by atoms with Gasteiger partial charge < -0.3 is 20.5 Å². The number of amides is 3. The first-order valence-corrected chi connectivity index (χ1v) is 14.5. The highest BCUT2D eigenvalue weighted by molar-refractivity contribution is 7.81. The third-order valence-electron chi connectivity index (χ3n) is 6.82. The Hall–Kier alpha value is -3.23. The molecule has 2 heterocycles. The highest BCUT2D eigenvalue weighted by atomic mass is 32.3. The van der Waals surface area contributed by atoms with E-state index in [1.807, 2.05) is 30.3 Å². The van der Waals surface area contributed by atoms with Gasteiger partial charge in [0.1, 0.15) is 12.1 Å². The summed E-state index contributed by atoms with van der Waals surface area (Å²) in [7, 11) is -4.64. The Kier molecular flexibility index (Phi) is 10.5. The Morgan fingerprint density at radius 1 is 1.12 bits per heavy atom. The number of ether oxygens (including phenoxy) is 1. The number of benzene rings is 1. The molecule has 0 radical (unpaired) electrons. The molecule has 0 aliphatic carbocycles. The Balaban J connectivity index is 1.58. The van der Waals surface area contributed by atoms with Gasteiger partial charge in [0.25, 0.3) is 0 Å². The topological polar surface area (TPSA) is 183 Å². The number of primary amides is 1. The van der Waals surface area contributed by atoms with Crippen LogP contribution < -0.4 is 5.73 Å². The smallest absolute Gasteiger partial charge is 0.421 e. The number of esters is 1. The number of fused-ring (bicyclic) bond motifs is 2. The number of nitrogens with zero attached hydrogens (tertiary/aromatic N) is 2. The van der Waals surface area contributed by atoms with E-state index in [0.717, 1.165) is 10.6 Å². The monoisotopic (exact) mass is 583 g/mol. The number of hydroxylamine groups is 2. The summed E-state index contributed by atoms with van der Waals surface area (Å²) in [6, 6.07) is 7.20. The minimum atomic E-state index is -4.64. The lowest BCUT2D eigenvalue weighted by Crippen LogP contribution is -2.47. The van der Waals surface area contributed by atoms with Gasteiger partial charge in [0.05, 0.1) is 12.6 Å². The molecule has 1 aromatic carbocycles. The zero-order chi connectivity index (χ0) is 29.5. The minimum Gasteiger partial charge on any atom is -0.481 e. The lowest BCUT2D eigenvalue weighted by atomic mass is 9.86. The summed E-state index contributed by atoms with van der Waals surface area (Å²) in [5.74, 6) is -2.07. The molecular weight excluding hydrogens is 546 g/mol. The van der Waals surface area contributed by atoms with Crippen molar-refractivity contribution < 1.29 is 45.9 Å². The molecule has 1 unspecified atom stereocenters. The maximum atomic E-state index is 12.7. The first kappa shape index (κ1) is 31.3. The number of rotatable bonds is 16. The number of carbonyl (C=O) groups is 4. The number of hydrogen-bond donors (Lipinski definition) is 2. The van der Waals surface area contributed by atoms with Crippen molar-refractivity contribution >= 4 is 34.3 Å². The van der Waals surface area contributed by atoms with Crippen LogP contribution in [0.15, 0.2) is 30.3 Å². The molecule has 40 heavy (non-hydrogen) atoms. The molecule has 2 aliphatic rings. The zero-order valence-electron chi connectivity index (χ0n) is 22.7. The van der Waals surface area contributed by atoms with Gasteiger partial charge in [-0.05, 0) is 43.1 Å². The third-order valence-corrected chi connectivity index (χ3v) is 7.57. The van der Waals surface area contributed by atoms with Gasteiger partial charge in [-0.2, -0.15) is 13.5 Å². The summed E-state index contributed by atoms with van der Waals surface area (Å²) in [4.78, 5) is 48.7. The maximum Gasteiger partial charge on any atom is 0.421 e. The molecule has 0 aromatic heterocycles. The van der Waals surface area contributed by atoms with Gasteiger partial charge in [-0.3, -0.25) is 14.4 Å². The van der Waals surface area contributed by atoms with Gasteiger partial charge in [-0.1, -0.05) is 44.2 Å². The van der Waals surface area contributed by atoms with E-state index in [9.17, 15) is 27.6 Å². The van der Waals surface area contributed by atoms with Crippen LogP contribution in [0.4, 0.5) is 4.79 Å².